The van der Waals surface area contributed by atoms with Gasteiger partial charge in [-0.1, -0.05) is 42.0 Å². The molecule has 0 aliphatic heterocycles. The minimum atomic E-state index is -1.18. The number of aryl methyl sites for hydroxylation is 1. The van der Waals surface area contributed by atoms with Gasteiger partial charge in [-0.25, -0.2) is 0 Å². The normalized spacial score (nSPS) is 10.2. The highest BCUT2D eigenvalue weighted by Gasteiger charge is 2.03. The summed E-state index contributed by atoms with van der Waals surface area (Å²) in [7, 11) is 0. The first-order valence-corrected chi connectivity index (χ1v) is 7.94. The topological polar surface area (TPSA) is 69.2 Å². The molecule has 0 aromatic heterocycles. The zero-order valence-corrected chi connectivity index (χ0v) is 13.0. The monoisotopic (exact) mass is 314 g/mol. The molecule has 2 rings (SSSR count). The Hall–Kier alpha value is -2.27. The van der Waals surface area contributed by atoms with Gasteiger partial charge in [0.1, 0.15) is 0 Å². The molecule has 1 N–H and O–H groups in total. The first-order chi connectivity index (χ1) is 10.5. The summed E-state index contributed by atoms with van der Waals surface area (Å²) in [5.74, 6) is -0.248. The summed E-state index contributed by atoms with van der Waals surface area (Å²) in [6, 6.07) is 14.1. The van der Waals surface area contributed by atoms with E-state index < -0.39 is 5.97 Å². The van der Waals surface area contributed by atoms with Crippen molar-refractivity contribution < 1.29 is 14.7 Å². The zero-order valence-electron chi connectivity index (χ0n) is 12.2. The van der Waals surface area contributed by atoms with Crippen LogP contribution in [0.5, 0.6) is 0 Å². The molecule has 0 saturated heterocycles. The lowest BCUT2D eigenvalue weighted by Crippen LogP contribution is -2.21. The van der Waals surface area contributed by atoms with Gasteiger partial charge in [-0.05, 0) is 30.2 Å². The third kappa shape index (κ3) is 4.93. The fourth-order valence-electron chi connectivity index (χ4n) is 1.83. The van der Waals surface area contributed by atoms with E-state index in [0.29, 0.717) is 11.5 Å². The van der Waals surface area contributed by atoms with E-state index in [2.05, 4.69) is 5.32 Å². The van der Waals surface area contributed by atoms with E-state index in [-0.39, 0.29) is 11.5 Å². The number of carbonyl (C=O) groups is 2. The Morgan fingerprint density at radius 2 is 1.68 bits per heavy atom. The fraction of sp³-hybridized carbons (Fsp3) is 0.176. The predicted octanol–water partition coefficient (Wildman–Crippen LogP) is 2.23. The summed E-state index contributed by atoms with van der Waals surface area (Å²) in [5.41, 5.74) is 3.06. The first kappa shape index (κ1) is 16.1. The van der Waals surface area contributed by atoms with Crippen LogP contribution in [0.15, 0.2) is 48.5 Å². The molecule has 0 heterocycles. The Kier molecular flexibility index (Phi) is 5.61. The number of anilines is 1. The molecular formula is C17H16NO3S-. The maximum atomic E-state index is 11.8. The van der Waals surface area contributed by atoms with E-state index in [9.17, 15) is 14.7 Å². The number of nitrogens with one attached hydrogen (secondary N) is 1. The number of carboxylic acids is 1. The Morgan fingerprint density at radius 1 is 1.05 bits per heavy atom. The quantitative estimate of drug-likeness (QED) is 0.888. The Labute approximate surface area is 133 Å². The largest absolute Gasteiger partial charge is 0.545 e. The number of carboxylic acid groups (broad SMARTS) is 1. The van der Waals surface area contributed by atoms with Crippen LogP contribution in [0.1, 0.15) is 21.5 Å². The zero-order chi connectivity index (χ0) is 15.9. The summed E-state index contributed by atoms with van der Waals surface area (Å²) >= 11 is 1.48. The molecule has 0 bridgehead atoms. The number of hydrogen-bond acceptors (Lipinski definition) is 4. The Bertz CT molecular complexity index is 651. The Morgan fingerprint density at radius 3 is 2.27 bits per heavy atom. The highest BCUT2D eigenvalue weighted by molar-refractivity contribution is 7.99. The molecule has 0 atom stereocenters. The van der Waals surface area contributed by atoms with Crippen LogP contribution in [0.3, 0.4) is 0 Å². The number of hydrogen-bond donors (Lipinski definition) is 1. The molecule has 0 aliphatic rings. The van der Waals surface area contributed by atoms with Crippen LogP contribution < -0.4 is 10.4 Å². The average Bonchev–Trinajstić information content (AvgIpc) is 2.50. The van der Waals surface area contributed by atoms with Gasteiger partial charge in [0.2, 0.25) is 5.91 Å². The molecule has 0 fully saturated rings. The molecular weight excluding hydrogens is 298 g/mol. The second kappa shape index (κ2) is 7.66. The van der Waals surface area contributed by atoms with Gasteiger partial charge in [-0.3, -0.25) is 4.79 Å². The van der Waals surface area contributed by atoms with Crippen molar-refractivity contribution in [2.45, 2.75) is 12.7 Å². The van der Waals surface area contributed by atoms with E-state index >= 15 is 0 Å². The van der Waals surface area contributed by atoms with Crippen molar-refractivity contribution in [2.24, 2.45) is 0 Å². The molecule has 2 aromatic carbocycles. The second-order valence-corrected chi connectivity index (χ2v) is 5.88. The van der Waals surface area contributed by atoms with Gasteiger partial charge in [-0.2, -0.15) is 0 Å². The SMILES string of the molecule is Cc1ccc(NC(=O)CSCc2ccc(C(=O)[O-])cc2)cc1. The minimum Gasteiger partial charge on any atom is -0.545 e. The Balaban J connectivity index is 1.77. The fourth-order valence-corrected chi connectivity index (χ4v) is 2.62. The lowest BCUT2D eigenvalue weighted by molar-refractivity contribution is -0.255. The van der Waals surface area contributed by atoms with Gasteiger partial charge in [0.05, 0.1) is 11.7 Å². The van der Waals surface area contributed by atoms with Crippen molar-refractivity contribution in [3.05, 3.63) is 65.2 Å². The van der Waals surface area contributed by atoms with Gasteiger partial charge in [0.15, 0.2) is 0 Å². The van der Waals surface area contributed by atoms with Gasteiger partial charge >= 0.3 is 0 Å². The lowest BCUT2D eigenvalue weighted by atomic mass is 10.1. The summed E-state index contributed by atoms with van der Waals surface area (Å²) in [6.45, 7) is 1.99. The average molecular weight is 314 g/mol. The van der Waals surface area contributed by atoms with Crippen LogP contribution in [0, 0.1) is 6.92 Å². The number of amides is 1. The molecule has 2 aromatic rings. The molecule has 0 aliphatic carbocycles. The molecule has 4 nitrogen and oxygen atoms in total. The standard InChI is InChI=1S/C17H17NO3S/c1-12-2-8-15(9-3-12)18-16(19)11-22-10-13-4-6-14(7-5-13)17(20)21/h2-9H,10-11H2,1H3,(H,18,19)(H,20,21)/p-1. The maximum absolute atomic E-state index is 11.8. The molecule has 0 saturated carbocycles. The van der Waals surface area contributed by atoms with Crippen LogP contribution in [0.4, 0.5) is 5.69 Å². The van der Waals surface area contributed by atoms with Crippen molar-refractivity contribution in [2.75, 3.05) is 11.1 Å². The maximum Gasteiger partial charge on any atom is 0.234 e. The number of rotatable bonds is 6. The van der Waals surface area contributed by atoms with E-state index in [4.69, 9.17) is 0 Å². The van der Waals surface area contributed by atoms with Crippen molar-refractivity contribution >= 4 is 29.3 Å². The molecule has 0 radical (unpaired) electrons. The molecule has 22 heavy (non-hydrogen) atoms. The van der Waals surface area contributed by atoms with Gasteiger partial charge in [0.25, 0.3) is 0 Å². The molecule has 1 amide bonds. The third-order valence-electron chi connectivity index (χ3n) is 3.03. The number of carbonyl (C=O) groups excluding carboxylic acids is 2. The van der Waals surface area contributed by atoms with Crippen molar-refractivity contribution in [1.29, 1.82) is 0 Å². The van der Waals surface area contributed by atoms with E-state index in [1.54, 1.807) is 12.1 Å². The highest BCUT2D eigenvalue weighted by Crippen LogP contribution is 2.14. The van der Waals surface area contributed by atoms with Gasteiger partial charge < -0.3 is 15.2 Å². The van der Waals surface area contributed by atoms with Crippen LogP contribution in [0.25, 0.3) is 0 Å². The number of thioether (sulfide) groups is 1. The number of benzene rings is 2. The summed E-state index contributed by atoms with van der Waals surface area (Å²) in [6.07, 6.45) is 0. The van der Waals surface area contributed by atoms with E-state index in [0.717, 1.165) is 16.8 Å². The predicted molar refractivity (Wildman–Crippen MR) is 86.7 cm³/mol. The first-order valence-electron chi connectivity index (χ1n) is 6.79. The molecule has 114 valence electrons. The smallest absolute Gasteiger partial charge is 0.234 e. The van der Waals surface area contributed by atoms with Gasteiger partial charge in [0, 0.05) is 11.4 Å². The molecule has 5 heteroatoms. The lowest BCUT2D eigenvalue weighted by Gasteiger charge is -2.06. The summed E-state index contributed by atoms with van der Waals surface area (Å²) < 4.78 is 0. The van der Waals surface area contributed by atoms with Gasteiger partial charge in [-0.15, -0.1) is 11.8 Å². The van der Waals surface area contributed by atoms with Crippen molar-refractivity contribution in [1.82, 2.24) is 0 Å². The van der Waals surface area contributed by atoms with Crippen molar-refractivity contribution in [3.63, 3.8) is 0 Å². The van der Waals surface area contributed by atoms with Crippen LogP contribution in [0.2, 0.25) is 0 Å². The highest BCUT2D eigenvalue weighted by atomic mass is 32.2. The molecule has 0 spiro atoms. The minimum absolute atomic E-state index is 0.0554. The summed E-state index contributed by atoms with van der Waals surface area (Å²) in [4.78, 5) is 22.5. The second-order valence-electron chi connectivity index (χ2n) is 4.89. The van der Waals surface area contributed by atoms with E-state index in [1.807, 2.05) is 31.2 Å². The summed E-state index contributed by atoms with van der Waals surface area (Å²) in [5, 5.41) is 13.5. The third-order valence-corrected chi connectivity index (χ3v) is 4.03. The molecule has 0 unspecified atom stereocenters. The van der Waals surface area contributed by atoms with Crippen LogP contribution in [-0.4, -0.2) is 17.6 Å². The van der Waals surface area contributed by atoms with E-state index in [1.165, 1.54) is 23.9 Å². The van der Waals surface area contributed by atoms with Crippen LogP contribution in [-0.2, 0) is 10.5 Å². The number of aromatic carboxylic acids is 1. The van der Waals surface area contributed by atoms with Crippen LogP contribution >= 0.6 is 11.8 Å². The van der Waals surface area contributed by atoms with Crippen molar-refractivity contribution in [3.8, 4) is 0 Å².